The fourth-order valence-corrected chi connectivity index (χ4v) is 2.84. The number of para-hydroxylation sites is 1. The van der Waals surface area contributed by atoms with Gasteiger partial charge in [0.25, 0.3) is 0 Å². The van der Waals surface area contributed by atoms with Crippen LogP contribution >= 0.6 is 0 Å². The maximum atomic E-state index is 12.7. The summed E-state index contributed by atoms with van der Waals surface area (Å²) in [6.07, 6.45) is 1.43. The molecule has 0 N–H and O–H groups in total. The number of aromatic nitrogens is 1. The van der Waals surface area contributed by atoms with E-state index < -0.39 is 5.97 Å². The zero-order chi connectivity index (χ0) is 17.8. The number of methoxy groups -OCH3 is 1. The summed E-state index contributed by atoms with van der Waals surface area (Å²) < 4.78 is 17.8. The number of fused-ring (bicyclic) bond motifs is 3. The van der Waals surface area contributed by atoms with Crippen LogP contribution in [-0.4, -0.2) is 36.8 Å². The topological polar surface area (TPSA) is 73.0 Å². The van der Waals surface area contributed by atoms with Crippen LogP contribution < -0.4 is 4.74 Å². The smallest absolute Gasteiger partial charge is 0.341 e. The molecule has 0 bridgehead atoms. The summed E-state index contributed by atoms with van der Waals surface area (Å²) in [5, 5.41) is 9.46. The fourth-order valence-electron chi connectivity index (χ4n) is 2.84. The molecule has 0 spiro atoms. The predicted octanol–water partition coefficient (Wildman–Crippen LogP) is 3.19. The van der Waals surface area contributed by atoms with E-state index in [-0.39, 0.29) is 12.7 Å². The second-order valence-electron chi connectivity index (χ2n) is 5.63. The zero-order valence-electron chi connectivity index (χ0n) is 14.1. The van der Waals surface area contributed by atoms with Crippen molar-refractivity contribution in [1.29, 1.82) is 5.26 Å². The Morgan fingerprint density at radius 3 is 2.80 bits per heavy atom. The highest BCUT2D eigenvalue weighted by Gasteiger charge is 2.21. The Hall–Kier alpha value is -3.04. The van der Waals surface area contributed by atoms with Gasteiger partial charge in [-0.25, -0.2) is 4.79 Å². The number of esters is 1. The van der Waals surface area contributed by atoms with Gasteiger partial charge >= 0.3 is 5.97 Å². The number of carbonyl (C=O) groups is 1. The number of nitriles is 1. The molecule has 2 heterocycles. The standard InChI is InChI=1S/C19H18N2O4/c1-13(12-23-2)25-19(22)18-15-5-3-4-6-16(15)21-11-14(24-10-9-20)7-8-17(18)21/h3-8,11,13H,10,12H2,1-2H3. The van der Waals surface area contributed by atoms with Gasteiger partial charge in [0.1, 0.15) is 17.9 Å². The third-order valence-electron chi connectivity index (χ3n) is 3.83. The van der Waals surface area contributed by atoms with Gasteiger partial charge in [-0.15, -0.1) is 0 Å². The van der Waals surface area contributed by atoms with Crippen molar-refractivity contribution in [3.63, 3.8) is 0 Å². The van der Waals surface area contributed by atoms with Gasteiger partial charge in [0.05, 0.1) is 29.4 Å². The number of hydrogen-bond acceptors (Lipinski definition) is 5. The largest absolute Gasteiger partial charge is 0.477 e. The normalized spacial score (nSPS) is 12.0. The number of hydrogen-bond donors (Lipinski definition) is 0. The van der Waals surface area contributed by atoms with Gasteiger partial charge in [-0.05, 0) is 25.1 Å². The summed E-state index contributed by atoms with van der Waals surface area (Å²) in [4.78, 5) is 12.7. The summed E-state index contributed by atoms with van der Waals surface area (Å²) in [5.74, 6) is 0.163. The van der Waals surface area contributed by atoms with Crippen molar-refractivity contribution >= 4 is 22.4 Å². The van der Waals surface area contributed by atoms with E-state index in [1.54, 1.807) is 32.4 Å². The second kappa shape index (κ2) is 7.24. The van der Waals surface area contributed by atoms with E-state index in [1.165, 1.54) is 0 Å². The van der Waals surface area contributed by atoms with Crippen LogP contribution in [0.3, 0.4) is 0 Å². The Morgan fingerprint density at radius 1 is 1.24 bits per heavy atom. The Kier molecular flexibility index (Phi) is 4.87. The maximum absolute atomic E-state index is 12.7. The highest BCUT2D eigenvalue weighted by atomic mass is 16.6. The van der Waals surface area contributed by atoms with Crippen LogP contribution in [0.4, 0.5) is 0 Å². The van der Waals surface area contributed by atoms with Crippen LogP contribution in [0.2, 0.25) is 0 Å². The molecule has 0 aliphatic rings. The van der Waals surface area contributed by atoms with Gasteiger partial charge in [-0.2, -0.15) is 5.26 Å². The first-order valence-electron chi connectivity index (χ1n) is 7.88. The molecule has 25 heavy (non-hydrogen) atoms. The Bertz CT molecular complexity index is 955. The number of pyridine rings is 1. The molecule has 3 aromatic rings. The van der Waals surface area contributed by atoms with Crippen molar-refractivity contribution in [1.82, 2.24) is 4.40 Å². The minimum atomic E-state index is -0.394. The third-order valence-corrected chi connectivity index (χ3v) is 3.83. The molecular weight excluding hydrogens is 320 g/mol. The quantitative estimate of drug-likeness (QED) is 0.645. The number of nitrogens with zero attached hydrogens (tertiary/aromatic N) is 2. The van der Waals surface area contributed by atoms with E-state index in [0.29, 0.717) is 17.9 Å². The molecule has 0 aliphatic heterocycles. The average molecular weight is 338 g/mol. The predicted molar refractivity (Wildman–Crippen MR) is 92.8 cm³/mol. The van der Waals surface area contributed by atoms with Crippen molar-refractivity contribution in [2.24, 2.45) is 0 Å². The molecule has 6 heteroatoms. The number of ether oxygens (including phenoxy) is 3. The van der Waals surface area contributed by atoms with Crippen LogP contribution in [-0.2, 0) is 9.47 Å². The van der Waals surface area contributed by atoms with Crippen molar-refractivity contribution in [2.45, 2.75) is 13.0 Å². The molecule has 0 amide bonds. The maximum Gasteiger partial charge on any atom is 0.341 e. The first kappa shape index (κ1) is 16.8. The lowest BCUT2D eigenvalue weighted by Crippen LogP contribution is -2.19. The lowest BCUT2D eigenvalue weighted by Gasteiger charge is -2.12. The van der Waals surface area contributed by atoms with Gasteiger partial charge in [0, 0.05) is 12.5 Å². The van der Waals surface area contributed by atoms with E-state index in [9.17, 15) is 4.79 Å². The first-order chi connectivity index (χ1) is 12.2. The van der Waals surface area contributed by atoms with Crippen molar-refractivity contribution in [3.8, 4) is 11.8 Å². The van der Waals surface area contributed by atoms with Gasteiger partial charge in [0.2, 0.25) is 0 Å². The summed E-state index contributed by atoms with van der Waals surface area (Å²) in [5.41, 5.74) is 2.09. The van der Waals surface area contributed by atoms with Crippen molar-refractivity contribution in [2.75, 3.05) is 20.3 Å². The zero-order valence-corrected chi connectivity index (χ0v) is 14.1. The lowest BCUT2D eigenvalue weighted by atomic mass is 10.1. The van der Waals surface area contributed by atoms with E-state index >= 15 is 0 Å². The molecule has 0 radical (unpaired) electrons. The Balaban J connectivity index is 2.10. The molecule has 1 unspecified atom stereocenters. The highest BCUT2D eigenvalue weighted by molar-refractivity contribution is 6.11. The molecule has 0 saturated heterocycles. The molecule has 2 aromatic heterocycles. The number of benzene rings is 1. The molecular formula is C19H18N2O4. The van der Waals surface area contributed by atoms with Crippen LogP contribution in [0.1, 0.15) is 17.3 Å². The molecule has 0 saturated carbocycles. The van der Waals surface area contributed by atoms with Crippen LogP contribution in [0.25, 0.3) is 16.4 Å². The summed E-state index contributed by atoms with van der Waals surface area (Å²) in [6.45, 7) is 2.09. The third kappa shape index (κ3) is 3.28. The van der Waals surface area contributed by atoms with E-state index in [4.69, 9.17) is 19.5 Å². The molecule has 0 aliphatic carbocycles. The number of rotatable bonds is 6. The monoisotopic (exact) mass is 338 g/mol. The van der Waals surface area contributed by atoms with Gasteiger partial charge in [-0.1, -0.05) is 18.2 Å². The molecule has 1 atom stereocenters. The highest BCUT2D eigenvalue weighted by Crippen LogP contribution is 2.29. The Labute approximate surface area is 145 Å². The first-order valence-corrected chi connectivity index (χ1v) is 7.88. The fraction of sp³-hybridized carbons (Fsp3) is 0.263. The lowest BCUT2D eigenvalue weighted by molar-refractivity contribution is 0.0124. The number of carbonyl (C=O) groups excluding carboxylic acids is 1. The molecule has 3 rings (SSSR count). The molecule has 128 valence electrons. The van der Waals surface area contributed by atoms with E-state index in [1.807, 2.05) is 34.7 Å². The molecule has 6 nitrogen and oxygen atoms in total. The minimum absolute atomic E-state index is 0.0336. The van der Waals surface area contributed by atoms with Crippen molar-refractivity contribution < 1.29 is 19.0 Å². The summed E-state index contributed by atoms with van der Waals surface area (Å²) in [6, 6.07) is 13.1. The second-order valence-corrected chi connectivity index (χ2v) is 5.63. The van der Waals surface area contributed by atoms with Gasteiger partial charge in [-0.3, -0.25) is 0 Å². The van der Waals surface area contributed by atoms with Gasteiger partial charge < -0.3 is 18.6 Å². The van der Waals surface area contributed by atoms with E-state index in [0.717, 1.165) is 16.4 Å². The summed E-state index contributed by atoms with van der Waals surface area (Å²) >= 11 is 0. The molecule has 1 aromatic carbocycles. The minimum Gasteiger partial charge on any atom is -0.477 e. The average Bonchev–Trinajstić information content (AvgIpc) is 2.94. The van der Waals surface area contributed by atoms with E-state index in [2.05, 4.69) is 0 Å². The van der Waals surface area contributed by atoms with Gasteiger partial charge in [0.15, 0.2) is 6.61 Å². The van der Waals surface area contributed by atoms with Crippen LogP contribution in [0.5, 0.6) is 5.75 Å². The SMILES string of the molecule is COCC(C)OC(=O)c1c2ccccc2n2cc(OCC#N)ccc12. The van der Waals surface area contributed by atoms with Crippen LogP contribution in [0.15, 0.2) is 42.6 Å². The van der Waals surface area contributed by atoms with Crippen LogP contribution in [0, 0.1) is 11.3 Å². The Morgan fingerprint density at radius 2 is 2.04 bits per heavy atom. The van der Waals surface area contributed by atoms with Crippen molar-refractivity contribution in [3.05, 3.63) is 48.2 Å². The summed E-state index contributed by atoms with van der Waals surface area (Å²) in [7, 11) is 1.57. The molecule has 0 fully saturated rings.